The van der Waals surface area contributed by atoms with Gasteiger partial charge in [0, 0.05) is 6.54 Å². The second-order valence-corrected chi connectivity index (χ2v) is 5.07. The van der Waals surface area contributed by atoms with Gasteiger partial charge in [-0.2, -0.15) is 5.26 Å². The van der Waals surface area contributed by atoms with Gasteiger partial charge in [-0.1, -0.05) is 39.0 Å². The Hall–Kier alpha value is -1.04. The van der Waals surface area contributed by atoms with Crippen molar-refractivity contribution in [2.45, 2.75) is 64.7 Å². The zero-order valence-electron chi connectivity index (χ0n) is 10.9. The maximum absolute atomic E-state index is 11.8. The van der Waals surface area contributed by atoms with E-state index in [4.69, 9.17) is 5.26 Å². The van der Waals surface area contributed by atoms with Crippen LogP contribution in [0.1, 0.15) is 64.7 Å². The molecule has 0 spiro atoms. The fourth-order valence-electron chi connectivity index (χ4n) is 2.20. The fraction of sp³-hybridized carbons (Fsp3) is 0.857. The van der Waals surface area contributed by atoms with E-state index in [1.807, 2.05) is 0 Å². The Kier molecular flexibility index (Phi) is 6.04. The van der Waals surface area contributed by atoms with Crippen molar-refractivity contribution >= 4 is 5.91 Å². The number of hydrogen-bond donors (Lipinski definition) is 1. The van der Waals surface area contributed by atoms with Crippen LogP contribution in [0.3, 0.4) is 0 Å². The van der Waals surface area contributed by atoms with Crippen LogP contribution >= 0.6 is 0 Å². The quantitative estimate of drug-likeness (QED) is 0.658. The monoisotopic (exact) mass is 236 g/mol. The van der Waals surface area contributed by atoms with Crippen molar-refractivity contribution in [3.8, 4) is 6.07 Å². The summed E-state index contributed by atoms with van der Waals surface area (Å²) in [6.07, 6.45) is 9.84. The van der Waals surface area contributed by atoms with E-state index in [1.165, 1.54) is 32.1 Å². The Labute approximate surface area is 105 Å². The first-order valence-electron chi connectivity index (χ1n) is 6.95. The van der Waals surface area contributed by atoms with Gasteiger partial charge >= 0.3 is 0 Å². The summed E-state index contributed by atoms with van der Waals surface area (Å²) in [4.78, 5) is 11.8. The largest absolute Gasteiger partial charge is 0.355 e. The van der Waals surface area contributed by atoms with Gasteiger partial charge in [0.05, 0.1) is 6.07 Å². The van der Waals surface area contributed by atoms with Crippen molar-refractivity contribution in [1.82, 2.24) is 5.32 Å². The van der Waals surface area contributed by atoms with Gasteiger partial charge in [-0.05, 0) is 25.7 Å². The van der Waals surface area contributed by atoms with E-state index in [9.17, 15) is 4.79 Å². The lowest BCUT2D eigenvalue weighted by atomic mass is 9.69. The summed E-state index contributed by atoms with van der Waals surface area (Å²) < 4.78 is 0. The summed E-state index contributed by atoms with van der Waals surface area (Å²) in [5, 5.41) is 11.9. The Morgan fingerprint density at radius 1 is 1.24 bits per heavy atom. The number of nitriles is 1. The van der Waals surface area contributed by atoms with E-state index in [-0.39, 0.29) is 5.91 Å². The van der Waals surface area contributed by atoms with E-state index in [1.54, 1.807) is 0 Å². The zero-order chi connectivity index (χ0) is 12.6. The molecule has 1 aliphatic rings. The average molecular weight is 236 g/mol. The van der Waals surface area contributed by atoms with Gasteiger partial charge in [0.25, 0.3) is 0 Å². The van der Waals surface area contributed by atoms with E-state index in [0.29, 0.717) is 0 Å². The van der Waals surface area contributed by atoms with Gasteiger partial charge in [-0.3, -0.25) is 4.79 Å². The van der Waals surface area contributed by atoms with Gasteiger partial charge < -0.3 is 5.32 Å². The molecule has 0 aromatic carbocycles. The second-order valence-electron chi connectivity index (χ2n) is 5.07. The molecule has 0 aromatic rings. The number of nitrogens with one attached hydrogen (secondary N) is 1. The molecule has 0 bridgehead atoms. The third-order valence-corrected chi connectivity index (χ3v) is 3.67. The zero-order valence-corrected chi connectivity index (χ0v) is 10.9. The predicted octanol–water partition coefficient (Wildman–Crippen LogP) is 3.16. The molecule has 0 aromatic heterocycles. The summed E-state index contributed by atoms with van der Waals surface area (Å²) in [5.74, 6) is -0.0418. The Balaban J connectivity index is 2.03. The Morgan fingerprint density at radius 3 is 2.41 bits per heavy atom. The van der Waals surface area contributed by atoms with Crippen LogP contribution in [0.5, 0.6) is 0 Å². The summed E-state index contributed by atoms with van der Waals surface area (Å²) in [6.45, 7) is 2.94. The van der Waals surface area contributed by atoms with Crippen molar-refractivity contribution in [1.29, 1.82) is 5.26 Å². The molecule has 3 nitrogen and oxygen atoms in total. The highest BCUT2D eigenvalue weighted by Gasteiger charge is 2.44. The number of amides is 1. The van der Waals surface area contributed by atoms with Gasteiger partial charge in [0.1, 0.15) is 5.41 Å². The maximum Gasteiger partial charge on any atom is 0.240 e. The lowest BCUT2D eigenvalue weighted by Gasteiger charge is -2.33. The molecule has 0 aliphatic heterocycles. The molecule has 3 heteroatoms. The normalized spacial score (nSPS) is 16.9. The van der Waals surface area contributed by atoms with Gasteiger partial charge in [0.2, 0.25) is 5.91 Å². The van der Waals surface area contributed by atoms with E-state index in [2.05, 4.69) is 18.3 Å². The highest BCUT2D eigenvalue weighted by atomic mass is 16.2. The smallest absolute Gasteiger partial charge is 0.240 e. The number of rotatable bonds is 8. The molecule has 0 unspecified atom stereocenters. The van der Waals surface area contributed by atoms with E-state index in [0.717, 1.165) is 32.2 Å². The minimum absolute atomic E-state index is 0.0418. The number of unbranched alkanes of at least 4 members (excludes halogenated alkanes) is 5. The lowest BCUT2D eigenvalue weighted by molar-refractivity contribution is -0.131. The molecule has 0 heterocycles. The topological polar surface area (TPSA) is 52.9 Å². The van der Waals surface area contributed by atoms with E-state index >= 15 is 0 Å². The van der Waals surface area contributed by atoms with Crippen LogP contribution in [0, 0.1) is 16.7 Å². The van der Waals surface area contributed by atoms with Crippen molar-refractivity contribution in [2.24, 2.45) is 5.41 Å². The van der Waals surface area contributed by atoms with Crippen LogP contribution in [0.25, 0.3) is 0 Å². The summed E-state index contributed by atoms with van der Waals surface area (Å²) in [5.41, 5.74) is -0.678. The molecule has 1 aliphatic carbocycles. The first-order chi connectivity index (χ1) is 8.25. The third-order valence-electron chi connectivity index (χ3n) is 3.67. The number of hydrogen-bond acceptors (Lipinski definition) is 2. The number of carbonyl (C=O) groups excluding carboxylic acids is 1. The van der Waals surface area contributed by atoms with Gasteiger partial charge in [-0.15, -0.1) is 0 Å². The van der Waals surface area contributed by atoms with Crippen molar-refractivity contribution in [2.75, 3.05) is 6.54 Å². The average Bonchev–Trinajstić information content (AvgIpc) is 2.27. The third kappa shape index (κ3) is 4.03. The molecule has 0 saturated heterocycles. The minimum Gasteiger partial charge on any atom is -0.355 e. The Morgan fingerprint density at radius 2 is 1.88 bits per heavy atom. The molecule has 1 amide bonds. The van der Waals surface area contributed by atoms with E-state index < -0.39 is 5.41 Å². The second kappa shape index (κ2) is 7.32. The molecule has 1 rings (SSSR count). The lowest BCUT2D eigenvalue weighted by Crippen LogP contribution is -2.44. The van der Waals surface area contributed by atoms with Gasteiger partial charge in [-0.25, -0.2) is 0 Å². The standard InChI is InChI=1S/C14H24N2O/c1-2-3-4-5-6-7-11-16-13(17)14(12-15)9-8-10-14/h2-11H2,1H3,(H,16,17). The van der Waals surface area contributed by atoms with Crippen LogP contribution in [-0.2, 0) is 4.79 Å². The Bertz CT molecular complexity index is 276. The van der Waals surface area contributed by atoms with Gasteiger partial charge in [0.15, 0.2) is 0 Å². The SMILES string of the molecule is CCCCCCCCNC(=O)C1(C#N)CCC1. The molecule has 1 N–H and O–H groups in total. The molecule has 96 valence electrons. The first-order valence-corrected chi connectivity index (χ1v) is 6.95. The highest BCUT2D eigenvalue weighted by Crippen LogP contribution is 2.40. The summed E-state index contributed by atoms with van der Waals surface area (Å²) in [6, 6.07) is 2.17. The fourth-order valence-corrected chi connectivity index (χ4v) is 2.20. The number of nitrogens with zero attached hydrogens (tertiary/aromatic N) is 1. The van der Waals surface area contributed by atoms with Crippen molar-refractivity contribution in [3.05, 3.63) is 0 Å². The predicted molar refractivity (Wildman–Crippen MR) is 68.3 cm³/mol. The number of carbonyl (C=O) groups is 1. The van der Waals surface area contributed by atoms with Crippen molar-refractivity contribution in [3.63, 3.8) is 0 Å². The highest BCUT2D eigenvalue weighted by molar-refractivity contribution is 5.86. The summed E-state index contributed by atoms with van der Waals surface area (Å²) >= 11 is 0. The molecule has 17 heavy (non-hydrogen) atoms. The molecular weight excluding hydrogens is 212 g/mol. The van der Waals surface area contributed by atoms with Crippen molar-refractivity contribution < 1.29 is 4.79 Å². The molecule has 0 radical (unpaired) electrons. The van der Waals surface area contributed by atoms with Crippen LogP contribution in [-0.4, -0.2) is 12.5 Å². The molecule has 1 saturated carbocycles. The van der Waals surface area contributed by atoms with Crippen LogP contribution in [0.4, 0.5) is 0 Å². The van der Waals surface area contributed by atoms with Crippen LogP contribution < -0.4 is 5.32 Å². The minimum atomic E-state index is -0.678. The van der Waals surface area contributed by atoms with Crippen LogP contribution in [0.15, 0.2) is 0 Å². The first kappa shape index (κ1) is 14.0. The van der Waals surface area contributed by atoms with Crippen LogP contribution in [0.2, 0.25) is 0 Å². The molecule has 1 fully saturated rings. The maximum atomic E-state index is 11.8. The molecule has 0 atom stereocenters. The summed E-state index contributed by atoms with van der Waals surface area (Å²) in [7, 11) is 0. The molecular formula is C14H24N2O.